The minimum absolute atomic E-state index is 1.10. The van der Waals surface area contributed by atoms with Gasteiger partial charge in [-0.05, 0) is 6.42 Å². The molecule has 0 aliphatic rings. The molecule has 0 aromatic carbocycles. The molecule has 0 fully saturated rings. The van der Waals surface area contributed by atoms with Crippen LogP contribution in [0.15, 0.2) is 12.4 Å². The maximum atomic E-state index is 4.21. The first kappa shape index (κ1) is 12.3. The van der Waals surface area contributed by atoms with E-state index in [0.29, 0.717) is 0 Å². The zero-order valence-corrected chi connectivity index (χ0v) is 9.67. The number of nitrogens with one attached hydrogen (secondary N) is 1. The highest BCUT2D eigenvalue weighted by atomic mass is 14.9. The molecule has 0 atom stereocenters. The van der Waals surface area contributed by atoms with Crippen LogP contribution in [0.2, 0.25) is 0 Å². The summed E-state index contributed by atoms with van der Waals surface area (Å²) in [5, 5.41) is 0. The van der Waals surface area contributed by atoms with Gasteiger partial charge in [0.05, 0.1) is 0 Å². The first-order chi connectivity index (χ1) is 7.43. The highest BCUT2D eigenvalue weighted by molar-refractivity contribution is 4.86. The summed E-state index contributed by atoms with van der Waals surface area (Å²) in [4.78, 5) is 7.35. The SMILES string of the molecule is [CH2]CCCCCCCCCc1ncc[nH]1. The average Bonchev–Trinajstić information content (AvgIpc) is 2.75. The minimum atomic E-state index is 1.10. The van der Waals surface area contributed by atoms with Crippen LogP contribution in [-0.4, -0.2) is 9.97 Å². The zero-order valence-electron chi connectivity index (χ0n) is 9.67. The van der Waals surface area contributed by atoms with Crippen molar-refractivity contribution in [2.45, 2.75) is 57.8 Å². The lowest BCUT2D eigenvalue weighted by atomic mass is 10.1. The van der Waals surface area contributed by atoms with Crippen LogP contribution < -0.4 is 0 Å². The Balaban J connectivity index is 1.81. The topological polar surface area (TPSA) is 28.7 Å². The number of hydrogen-bond acceptors (Lipinski definition) is 1. The van der Waals surface area contributed by atoms with Gasteiger partial charge in [0, 0.05) is 18.8 Å². The van der Waals surface area contributed by atoms with Crippen molar-refractivity contribution in [3.8, 4) is 0 Å². The van der Waals surface area contributed by atoms with Crippen molar-refractivity contribution in [2.24, 2.45) is 0 Å². The molecule has 0 aliphatic carbocycles. The van der Waals surface area contributed by atoms with Gasteiger partial charge in [0.2, 0.25) is 0 Å². The molecule has 0 spiro atoms. The van der Waals surface area contributed by atoms with E-state index >= 15 is 0 Å². The Hall–Kier alpha value is -0.790. The molecular weight excluding hydrogens is 184 g/mol. The van der Waals surface area contributed by atoms with Gasteiger partial charge in [-0.2, -0.15) is 0 Å². The molecule has 0 aliphatic heterocycles. The van der Waals surface area contributed by atoms with E-state index < -0.39 is 0 Å². The van der Waals surface area contributed by atoms with Crippen LogP contribution in [0.4, 0.5) is 0 Å². The van der Waals surface area contributed by atoms with E-state index in [2.05, 4.69) is 16.9 Å². The Morgan fingerprint density at radius 2 is 1.67 bits per heavy atom. The Morgan fingerprint density at radius 3 is 2.27 bits per heavy atom. The Labute approximate surface area is 93.5 Å². The molecule has 2 nitrogen and oxygen atoms in total. The molecule has 1 N–H and O–H groups in total. The molecular formula is C13H23N2. The number of nitrogens with zero attached hydrogens (tertiary/aromatic N) is 1. The van der Waals surface area contributed by atoms with Gasteiger partial charge in [-0.1, -0.05) is 51.9 Å². The standard InChI is InChI=1S/C13H23N2/c1-2-3-4-5-6-7-8-9-10-13-14-11-12-15-13/h11-12H,1-10H2,(H,14,15). The summed E-state index contributed by atoms with van der Waals surface area (Å²) >= 11 is 0. The summed E-state index contributed by atoms with van der Waals surface area (Å²) in [6, 6.07) is 0. The van der Waals surface area contributed by atoms with E-state index in [1.54, 1.807) is 0 Å². The van der Waals surface area contributed by atoms with Crippen molar-refractivity contribution < 1.29 is 0 Å². The van der Waals surface area contributed by atoms with Crippen LogP contribution in [0.3, 0.4) is 0 Å². The summed E-state index contributed by atoms with van der Waals surface area (Å²) in [6.45, 7) is 3.85. The van der Waals surface area contributed by atoms with Crippen molar-refractivity contribution in [2.75, 3.05) is 0 Å². The summed E-state index contributed by atoms with van der Waals surface area (Å²) in [5.41, 5.74) is 0. The Morgan fingerprint density at radius 1 is 1.00 bits per heavy atom. The smallest absolute Gasteiger partial charge is 0.105 e. The normalized spacial score (nSPS) is 10.7. The van der Waals surface area contributed by atoms with Gasteiger partial charge in [-0.15, -0.1) is 0 Å². The van der Waals surface area contributed by atoms with Gasteiger partial charge in [0.25, 0.3) is 0 Å². The first-order valence-electron chi connectivity index (χ1n) is 6.21. The number of aromatic amines is 1. The lowest BCUT2D eigenvalue weighted by Crippen LogP contribution is -1.88. The number of hydrogen-bond donors (Lipinski definition) is 1. The van der Waals surface area contributed by atoms with E-state index in [4.69, 9.17) is 0 Å². The van der Waals surface area contributed by atoms with Gasteiger partial charge in [-0.25, -0.2) is 4.98 Å². The maximum absolute atomic E-state index is 4.21. The predicted molar refractivity (Wildman–Crippen MR) is 64.6 cm³/mol. The number of imidazole rings is 1. The molecule has 1 aromatic heterocycles. The van der Waals surface area contributed by atoms with Crippen LogP contribution in [-0.2, 0) is 6.42 Å². The van der Waals surface area contributed by atoms with Crippen molar-refractivity contribution >= 4 is 0 Å². The lowest BCUT2D eigenvalue weighted by Gasteiger charge is -2.00. The third kappa shape index (κ3) is 6.32. The molecule has 0 unspecified atom stereocenters. The molecule has 0 saturated carbocycles. The van der Waals surface area contributed by atoms with Crippen molar-refractivity contribution in [3.05, 3.63) is 25.1 Å². The average molecular weight is 207 g/mol. The zero-order chi connectivity index (χ0) is 10.8. The molecule has 0 bridgehead atoms. The number of H-pyrrole nitrogens is 1. The van der Waals surface area contributed by atoms with Crippen LogP contribution in [0, 0.1) is 6.92 Å². The molecule has 1 radical (unpaired) electrons. The molecule has 1 aromatic rings. The highest BCUT2D eigenvalue weighted by Gasteiger charge is 1.95. The third-order valence-electron chi connectivity index (χ3n) is 2.72. The van der Waals surface area contributed by atoms with E-state index in [1.165, 1.54) is 44.9 Å². The van der Waals surface area contributed by atoms with Gasteiger partial charge < -0.3 is 4.98 Å². The van der Waals surface area contributed by atoms with Crippen molar-refractivity contribution in [1.29, 1.82) is 0 Å². The monoisotopic (exact) mass is 207 g/mol. The second-order valence-electron chi connectivity index (χ2n) is 4.11. The quantitative estimate of drug-likeness (QED) is 0.611. The molecule has 15 heavy (non-hydrogen) atoms. The summed E-state index contributed by atoms with van der Waals surface area (Å²) in [6.07, 6.45) is 15.3. The van der Waals surface area contributed by atoms with Crippen molar-refractivity contribution in [3.63, 3.8) is 0 Å². The molecule has 1 rings (SSSR count). The first-order valence-corrected chi connectivity index (χ1v) is 6.21. The number of rotatable bonds is 9. The Bertz CT molecular complexity index is 216. The minimum Gasteiger partial charge on any atom is -0.349 e. The molecule has 0 amide bonds. The lowest BCUT2D eigenvalue weighted by molar-refractivity contribution is 0.577. The van der Waals surface area contributed by atoms with Crippen LogP contribution >= 0.6 is 0 Å². The number of unbranched alkanes of at least 4 members (excludes halogenated alkanes) is 7. The maximum Gasteiger partial charge on any atom is 0.105 e. The number of aromatic nitrogens is 2. The van der Waals surface area contributed by atoms with Crippen LogP contribution in [0.1, 0.15) is 57.2 Å². The predicted octanol–water partition coefficient (Wildman–Crippen LogP) is 3.91. The molecule has 0 saturated heterocycles. The van der Waals surface area contributed by atoms with Crippen LogP contribution in [0.5, 0.6) is 0 Å². The second-order valence-corrected chi connectivity index (χ2v) is 4.11. The van der Waals surface area contributed by atoms with E-state index in [-0.39, 0.29) is 0 Å². The van der Waals surface area contributed by atoms with Crippen LogP contribution in [0.25, 0.3) is 0 Å². The van der Waals surface area contributed by atoms with Gasteiger partial charge in [0.1, 0.15) is 5.82 Å². The molecule has 1 heterocycles. The number of aryl methyl sites for hydroxylation is 1. The van der Waals surface area contributed by atoms with E-state index in [0.717, 1.165) is 18.7 Å². The second kappa shape index (κ2) is 8.51. The third-order valence-corrected chi connectivity index (χ3v) is 2.72. The largest absolute Gasteiger partial charge is 0.349 e. The molecule has 2 heteroatoms. The van der Waals surface area contributed by atoms with E-state index in [1.807, 2.05) is 12.4 Å². The summed E-state index contributed by atoms with van der Waals surface area (Å²) < 4.78 is 0. The van der Waals surface area contributed by atoms with Crippen molar-refractivity contribution in [1.82, 2.24) is 9.97 Å². The van der Waals surface area contributed by atoms with E-state index in [9.17, 15) is 0 Å². The summed E-state index contributed by atoms with van der Waals surface area (Å²) in [7, 11) is 0. The highest BCUT2D eigenvalue weighted by Crippen LogP contribution is 2.09. The summed E-state index contributed by atoms with van der Waals surface area (Å²) in [5.74, 6) is 1.13. The van der Waals surface area contributed by atoms with Gasteiger partial charge in [-0.3, -0.25) is 0 Å². The van der Waals surface area contributed by atoms with Gasteiger partial charge >= 0.3 is 0 Å². The fourth-order valence-electron chi connectivity index (χ4n) is 1.79. The fourth-order valence-corrected chi connectivity index (χ4v) is 1.79. The fraction of sp³-hybridized carbons (Fsp3) is 0.692. The Kier molecular flexibility index (Phi) is 6.97. The molecule has 85 valence electrons. The van der Waals surface area contributed by atoms with Gasteiger partial charge in [0.15, 0.2) is 0 Å².